The van der Waals surface area contributed by atoms with Gasteiger partial charge in [0.05, 0.1) is 7.11 Å². The molecule has 0 aliphatic heterocycles. The molecule has 5 nitrogen and oxygen atoms in total. The number of methoxy groups -OCH3 is 1. The van der Waals surface area contributed by atoms with Gasteiger partial charge in [0.25, 0.3) is 0 Å². The van der Waals surface area contributed by atoms with Crippen molar-refractivity contribution in [2.75, 3.05) is 7.11 Å². The summed E-state index contributed by atoms with van der Waals surface area (Å²) in [6.07, 6.45) is 1.94. The summed E-state index contributed by atoms with van der Waals surface area (Å²) in [5.41, 5.74) is 1.97. The summed E-state index contributed by atoms with van der Waals surface area (Å²) in [7, 11) is 1.64. The molecule has 0 spiro atoms. The lowest BCUT2D eigenvalue weighted by molar-refractivity contribution is 0.295. The zero-order valence-electron chi connectivity index (χ0n) is 11.4. The second-order valence-electron chi connectivity index (χ2n) is 4.50. The number of nitrogens with zero attached hydrogens (tertiary/aromatic N) is 3. The third-order valence-corrected chi connectivity index (χ3v) is 2.95. The van der Waals surface area contributed by atoms with Crippen LogP contribution in [0.25, 0.3) is 5.65 Å². The maximum atomic E-state index is 5.66. The van der Waals surface area contributed by atoms with Crippen LogP contribution in [0.15, 0.2) is 42.6 Å². The lowest BCUT2D eigenvalue weighted by atomic mass is 10.3. The Labute approximate surface area is 116 Å². The van der Waals surface area contributed by atoms with Crippen molar-refractivity contribution < 1.29 is 9.47 Å². The minimum atomic E-state index is 0.340. The van der Waals surface area contributed by atoms with Gasteiger partial charge in [-0.15, -0.1) is 5.10 Å². The Morgan fingerprint density at radius 2 is 1.80 bits per heavy atom. The summed E-state index contributed by atoms with van der Waals surface area (Å²) in [4.78, 5) is 4.40. The van der Waals surface area contributed by atoms with Gasteiger partial charge >= 0.3 is 0 Å². The van der Waals surface area contributed by atoms with Crippen molar-refractivity contribution in [1.29, 1.82) is 0 Å². The van der Waals surface area contributed by atoms with Gasteiger partial charge in [-0.2, -0.15) is 0 Å². The van der Waals surface area contributed by atoms with E-state index in [1.165, 1.54) is 0 Å². The third-order valence-electron chi connectivity index (χ3n) is 2.95. The maximum absolute atomic E-state index is 5.66. The van der Waals surface area contributed by atoms with Gasteiger partial charge in [-0.25, -0.2) is 9.50 Å². The molecule has 0 unspecified atom stereocenters. The minimum Gasteiger partial charge on any atom is -0.497 e. The monoisotopic (exact) mass is 269 g/mol. The molecule has 1 aromatic carbocycles. The van der Waals surface area contributed by atoms with Crippen LogP contribution in [0.5, 0.6) is 11.5 Å². The van der Waals surface area contributed by atoms with Gasteiger partial charge in [0.15, 0.2) is 11.5 Å². The topological polar surface area (TPSA) is 48.7 Å². The van der Waals surface area contributed by atoms with Crippen molar-refractivity contribution in [1.82, 2.24) is 14.6 Å². The number of pyridine rings is 1. The molecule has 0 fully saturated rings. The van der Waals surface area contributed by atoms with Gasteiger partial charge in [-0.05, 0) is 42.8 Å². The molecule has 0 bridgehead atoms. The van der Waals surface area contributed by atoms with E-state index in [1.54, 1.807) is 11.6 Å². The van der Waals surface area contributed by atoms with Crippen molar-refractivity contribution in [2.24, 2.45) is 0 Å². The first kappa shape index (κ1) is 12.5. The summed E-state index contributed by atoms with van der Waals surface area (Å²) in [6, 6.07) is 11.4. The predicted octanol–water partition coefficient (Wildman–Crippen LogP) is 2.63. The van der Waals surface area contributed by atoms with Gasteiger partial charge in [0.2, 0.25) is 0 Å². The quantitative estimate of drug-likeness (QED) is 0.730. The first-order chi connectivity index (χ1) is 9.74. The minimum absolute atomic E-state index is 0.340. The Balaban J connectivity index is 1.72. The molecule has 2 aromatic heterocycles. The molecular formula is C15H15N3O2. The van der Waals surface area contributed by atoms with Crippen LogP contribution in [0.2, 0.25) is 0 Å². The Bertz CT molecular complexity index is 720. The van der Waals surface area contributed by atoms with Crippen LogP contribution >= 0.6 is 0 Å². The van der Waals surface area contributed by atoms with Gasteiger partial charge in [-0.3, -0.25) is 0 Å². The van der Waals surface area contributed by atoms with Gasteiger partial charge in [-0.1, -0.05) is 6.07 Å². The second kappa shape index (κ2) is 5.21. The number of rotatable bonds is 4. The van der Waals surface area contributed by atoms with Crippen molar-refractivity contribution >= 4 is 5.65 Å². The Kier molecular flexibility index (Phi) is 3.25. The van der Waals surface area contributed by atoms with E-state index < -0.39 is 0 Å². The summed E-state index contributed by atoms with van der Waals surface area (Å²) in [5, 5.41) is 4.38. The van der Waals surface area contributed by atoms with E-state index in [0.717, 1.165) is 22.7 Å². The molecule has 20 heavy (non-hydrogen) atoms. The third kappa shape index (κ3) is 2.56. The number of benzene rings is 1. The molecule has 3 rings (SSSR count). The zero-order chi connectivity index (χ0) is 13.9. The lowest BCUT2D eigenvalue weighted by Crippen LogP contribution is -1.98. The fraction of sp³-hybridized carbons (Fsp3) is 0.200. The molecule has 0 saturated heterocycles. The van der Waals surface area contributed by atoms with Crippen molar-refractivity contribution in [3.63, 3.8) is 0 Å². The lowest BCUT2D eigenvalue weighted by Gasteiger charge is -2.04. The summed E-state index contributed by atoms with van der Waals surface area (Å²) in [6.45, 7) is 2.36. The van der Waals surface area contributed by atoms with Crippen molar-refractivity contribution in [3.8, 4) is 11.5 Å². The van der Waals surface area contributed by atoms with Crippen LogP contribution in [-0.2, 0) is 6.61 Å². The van der Waals surface area contributed by atoms with Crippen LogP contribution in [0, 0.1) is 6.92 Å². The van der Waals surface area contributed by atoms with E-state index in [1.807, 2.05) is 49.5 Å². The first-order valence-corrected chi connectivity index (χ1v) is 6.33. The predicted molar refractivity (Wildman–Crippen MR) is 75.1 cm³/mol. The smallest absolute Gasteiger partial charge is 0.189 e. The zero-order valence-corrected chi connectivity index (χ0v) is 11.4. The molecule has 0 atom stereocenters. The van der Waals surface area contributed by atoms with E-state index in [0.29, 0.717) is 12.4 Å². The molecular weight excluding hydrogens is 254 g/mol. The molecule has 0 amide bonds. The highest BCUT2D eigenvalue weighted by atomic mass is 16.5. The molecule has 102 valence electrons. The van der Waals surface area contributed by atoms with Crippen LogP contribution < -0.4 is 9.47 Å². The van der Waals surface area contributed by atoms with Gasteiger partial charge in [0.1, 0.15) is 18.1 Å². The maximum Gasteiger partial charge on any atom is 0.189 e. The number of aromatic nitrogens is 3. The van der Waals surface area contributed by atoms with Crippen LogP contribution in [0.4, 0.5) is 0 Å². The molecule has 2 heterocycles. The Morgan fingerprint density at radius 3 is 2.55 bits per heavy atom. The summed E-state index contributed by atoms with van der Waals surface area (Å²) >= 11 is 0. The normalized spacial score (nSPS) is 10.7. The molecule has 0 saturated carbocycles. The Hall–Kier alpha value is -2.56. The van der Waals surface area contributed by atoms with E-state index >= 15 is 0 Å². The van der Waals surface area contributed by atoms with Gasteiger partial charge < -0.3 is 9.47 Å². The fourth-order valence-corrected chi connectivity index (χ4v) is 1.91. The number of hydrogen-bond donors (Lipinski definition) is 0. The summed E-state index contributed by atoms with van der Waals surface area (Å²) < 4.78 is 12.5. The number of ether oxygens (including phenoxy) is 2. The molecule has 0 N–H and O–H groups in total. The molecule has 5 heteroatoms. The first-order valence-electron chi connectivity index (χ1n) is 6.33. The van der Waals surface area contributed by atoms with E-state index in [9.17, 15) is 0 Å². The highest BCUT2D eigenvalue weighted by molar-refractivity contribution is 5.38. The van der Waals surface area contributed by atoms with Crippen LogP contribution in [-0.4, -0.2) is 21.7 Å². The molecule has 0 radical (unpaired) electrons. The van der Waals surface area contributed by atoms with E-state index in [2.05, 4.69) is 10.1 Å². The van der Waals surface area contributed by atoms with Crippen LogP contribution in [0.1, 0.15) is 11.4 Å². The molecule has 0 aliphatic carbocycles. The van der Waals surface area contributed by atoms with Gasteiger partial charge in [0, 0.05) is 6.20 Å². The highest BCUT2D eigenvalue weighted by Gasteiger charge is 2.04. The number of hydrogen-bond acceptors (Lipinski definition) is 4. The van der Waals surface area contributed by atoms with Crippen molar-refractivity contribution in [2.45, 2.75) is 13.5 Å². The number of fused-ring (bicyclic) bond motifs is 1. The van der Waals surface area contributed by atoms with Crippen LogP contribution in [0.3, 0.4) is 0 Å². The molecule has 0 aliphatic rings. The standard InChI is InChI=1S/C15H15N3O2/c1-11-3-8-15-16-14(17-18(15)9-11)10-20-13-6-4-12(19-2)5-7-13/h3-9H,10H2,1-2H3. The number of aryl methyl sites for hydroxylation is 1. The summed E-state index contributed by atoms with van der Waals surface area (Å²) in [5.74, 6) is 2.23. The van der Waals surface area contributed by atoms with Crippen molar-refractivity contribution in [3.05, 3.63) is 54.0 Å². The largest absolute Gasteiger partial charge is 0.497 e. The second-order valence-corrected chi connectivity index (χ2v) is 4.50. The average Bonchev–Trinajstić information content (AvgIpc) is 2.87. The highest BCUT2D eigenvalue weighted by Crippen LogP contribution is 2.17. The van der Waals surface area contributed by atoms with E-state index in [-0.39, 0.29) is 0 Å². The fourth-order valence-electron chi connectivity index (χ4n) is 1.91. The Morgan fingerprint density at radius 1 is 1.05 bits per heavy atom. The average molecular weight is 269 g/mol. The molecule has 3 aromatic rings. The SMILES string of the molecule is COc1ccc(OCc2nc3ccc(C)cn3n2)cc1. The van der Waals surface area contributed by atoms with E-state index in [4.69, 9.17) is 9.47 Å².